The molecule has 2 heterocycles. The molecule has 28 heavy (non-hydrogen) atoms. The molecule has 0 aliphatic carbocycles. The van der Waals surface area contributed by atoms with Crippen LogP contribution < -0.4 is 10.2 Å². The van der Waals surface area contributed by atoms with Gasteiger partial charge in [0, 0.05) is 24.1 Å². The summed E-state index contributed by atoms with van der Waals surface area (Å²) in [6, 6.07) is 14.5. The second kappa shape index (κ2) is 8.35. The van der Waals surface area contributed by atoms with Gasteiger partial charge < -0.3 is 15.2 Å². The molecule has 1 fully saturated rings. The molecule has 1 aromatic heterocycles. The highest BCUT2D eigenvalue weighted by Gasteiger charge is 2.27. The number of anilines is 1. The number of aryl methyl sites for hydroxylation is 1. The van der Waals surface area contributed by atoms with E-state index in [4.69, 9.17) is 4.98 Å². The number of aromatic nitrogens is 2. The number of H-pyrrole nitrogens is 1. The van der Waals surface area contributed by atoms with E-state index in [1.165, 1.54) is 11.1 Å². The number of halogens is 1. The molecule has 1 aliphatic heterocycles. The van der Waals surface area contributed by atoms with Crippen LogP contribution >= 0.6 is 15.9 Å². The fraction of sp³-hybridized carbons (Fsp3) is 0.364. The molecule has 1 saturated heterocycles. The maximum atomic E-state index is 12.7. The van der Waals surface area contributed by atoms with E-state index in [0.717, 1.165) is 47.3 Å². The van der Waals surface area contributed by atoms with Crippen molar-refractivity contribution in [1.29, 1.82) is 0 Å². The van der Waals surface area contributed by atoms with Gasteiger partial charge in [0.15, 0.2) is 0 Å². The van der Waals surface area contributed by atoms with Crippen molar-refractivity contribution in [3.8, 4) is 0 Å². The van der Waals surface area contributed by atoms with E-state index in [1.54, 1.807) is 0 Å². The quantitative estimate of drug-likeness (QED) is 0.624. The fourth-order valence-corrected chi connectivity index (χ4v) is 4.09. The van der Waals surface area contributed by atoms with Crippen molar-refractivity contribution in [2.75, 3.05) is 24.5 Å². The van der Waals surface area contributed by atoms with Crippen molar-refractivity contribution in [1.82, 2.24) is 15.3 Å². The SMILES string of the molecule is Cc1ccc(CCNC(=O)[C@H]2CCCN(c3nc4ccc(Br)cc4[nH]3)C2)cc1. The lowest BCUT2D eigenvalue weighted by Gasteiger charge is -2.31. The Kier molecular flexibility index (Phi) is 5.67. The van der Waals surface area contributed by atoms with Crippen molar-refractivity contribution in [2.45, 2.75) is 26.2 Å². The molecule has 5 nitrogen and oxygen atoms in total. The highest BCUT2D eigenvalue weighted by molar-refractivity contribution is 9.10. The summed E-state index contributed by atoms with van der Waals surface area (Å²) in [7, 11) is 0. The van der Waals surface area contributed by atoms with E-state index < -0.39 is 0 Å². The normalized spacial score (nSPS) is 17.1. The summed E-state index contributed by atoms with van der Waals surface area (Å²) in [5, 5.41) is 3.12. The number of imidazole rings is 1. The summed E-state index contributed by atoms with van der Waals surface area (Å²) in [6.45, 7) is 4.39. The Labute approximate surface area is 173 Å². The number of carbonyl (C=O) groups is 1. The third-order valence-corrected chi connectivity index (χ3v) is 5.85. The molecule has 0 unspecified atom stereocenters. The van der Waals surface area contributed by atoms with E-state index in [0.29, 0.717) is 13.1 Å². The summed E-state index contributed by atoms with van der Waals surface area (Å²) in [6.07, 6.45) is 2.79. The molecule has 0 radical (unpaired) electrons. The van der Waals surface area contributed by atoms with E-state index in [1.807, 2.05) is 18.2 Å². The summed E-state index contributed by atoms with van der Waals surface area (Å²) < 4.78 is 1.03. The molecule has 146 valence electrons. The first-order valence-corrected chi connectivity index (χ1v) is 10.6. The van der Waals surface area contributed by atoms with Crippen LogP contribution in [0.3, 0.4) is 0 Å². The van der Waals surface area contributed by atoms with Gasteiger partial charge in [-0.05, 0) is 49.9 Å². The number of piperidine rings is 1. The van der Waals surface area contributed by atoms with Crippen LogP contribution in [0, 0.1) is 12.8 Å². The van der Waals surface area contributed by atoms with Crippen molar-refractivity contribution >= 4 is 38.8 Å². The summed E-state index contributed by atoms with van der Waals surface area (Å²) in [5.41, 5.74) is 4.47. The first kappa shape index (κ1) is 19.0. The molecule has 0 spiro atoms. The number of hydrogen-bond donors (Lipinski definition) is 2. The maximum absolute atomic E-state index is 12.7. The molecular weight excluding hydrogens is 416 g/mol. The largest absolute Gasteiger partial charge is 0.355 e. The average Bonchev–Trinajstić information content (AvgIpc) is 3.13. The molecular formula is C22H25BrN4O. The number of nitrogens with one attached hydrogen (secondary N) is 2. The van der Waals surface area contributed by atoms with Gasteiger partial charge in [-0.1, -0.05) is 45.8 Å². The average molecular weight is 441 g/mol. The maximum Gasteiger partial charge on any atom is 0.224 e. The summed E-state index contributed by atoms with van der Waals surface area (Å²) in [5.74, 6) is 1.01. The van der Waals surface area contributed by atoms with Gasteiger partial charge in [0.2, 0.25) is 11.9 Å². The van der Waals surface area contributed by atoms with Gasteiger partial charge in [-0.15, -0.1) is 0 Å². The Hall–Kier alpha value is -2.34. The summed E-state index contributed by atoms with van der Waals surface area (Å²) in [4.78, 5) is 22.9. The van der Waals surface area contributed by atoms with Crippen molar-refractivity contribution in [3.63, 3.8) is 0 Å². The first-order chi connectivity index (χ1) is 13.6. The number of amides is 1. The van der Waals surface area contributed by atoms with Gasteiger partial charge in [0.1, 0.15) is 0 Å². The minimum absolute atomic E-state index is 0.00622. The molecule has 3 aromatic rings. The Morgan fingerprint density at radius 2 is 2.11 bits per heavy atom. The highest BCUT2D eigenvalue weighted by Crippen LogP contribution is 2.25. The number of carbonyl (C=O) groups excluding carboxylic acids is 1. The van der Waals surface area contributed by atoms with Gasteiger partial charge in [-0.3, -0.25) is 4.79 Å². The number of fused-ring (bicyclic) bond motifs is 1. The second-order valence-corrected chi connectivity index (χ2v) is 8.45. The lowest BCUT2D eigenvalue weighted by Crippen LogP contribution is -2.43. The van der Waals surface area contributed by atoms with Crippen LogP contribution in [0.5, 0.6) is 0 Å². The Balaban J connectivity index is 1.34. The minimum atomic E-state index is 0.00622. The van der Waals surface area contributed by atoms with Gasteiger partial charge in [-0.2, -0.15) is 0 Å². The summed E-state index contributed by atoms with van der Waals surface area (Å²) >= 11 is 3.50. The number of nitrogens with zero attached hydrogens (tertiary/aromatic N) is 2. The van der Waals surface area contributed by atoms with Gasteiger partial charge >= 0.3 is 0 Å². The number of aromatic amines is 1. The molecule has 4 rings (SSSR count). The number of hydrogen-bond acceptors (Lipinski definition) is 3. The predicted octanol–water partition coefficient (Wildman–Crippen LogP) is 4.21. The van der Waals surface area contributed by atoms with Crippen LogP contribution in [0.25, 0.3) is 11.0 Å². The molecule has 1 aliphatic rings. The number of rotatable bonds is 5. The highest BCUT2D eigenvalue weighted by atomic mass is 79.9. The molecule has 1 amide bonds. The lowest BCUT2D eigenvalue weighted by molar-refractivity contribution is -0.125. The minimum Gasteiger partial charge on any atom is -0.355 e. The third-order valence-electron chi connectivity index (χ3n) is 5.36. The van der Waals surface area contributed by atoms with E-state index >= 15 is 0 Å². The van der Waals surface area contributed by atoms with Crippen LogP contribution in [0.1, 0.15) is 24.0 Å². The van der Waals surface area contributed by atoms with E-state index in [-0.39, 0.29) is 11.8 Å². The van der Waals surface area contributed by atoms with Gasteiger partial charge in [0.25, 0.3) is 0 Å². The first-order valence-electron chi connectivity index (χ1n) is 9.82. The fourth-order valence-electron chi connectivity index (χ4n) is 3.73. The molecule has 2 N–H and O–H groups in total. The Morgan fingerprint density at radius 3 is 2.93 bits per heavy atom. The number of benzene rings is 2. The van der Waals surface area contributed by atoms with Crippen molar-refractivity contribution in [2.24, 2.45) is 5.92 Å². The van der Waals surface area contributed by atoms with Crippen molar-refractivity contribution in [3.05, 3.63) is 58.1 Å². The lowest BCUT2D eigenvalue weighted by atomic mass is 9.97. The van der Waals surface area contributed by atoms with E-state index in [9.17, 15) is 4.79 Å². The van der Waals surface area contributed by atoms with E-state index in [2.05, 4.69) is 62.3 Å². The Morgan fingerprint density at radius 1 is 1.29 bits per heavy atom. The van der Waals surface area contributed by atoms with Crippen LogP contribution in [-0.4, -0.2) is 35.5 Å². The van der Waals surface area contributed by atoms with Crippen LogP contribution in [-0.2, 0) is 11.2 Å². The third kappa shape index (κ3) is 4.38. The van der Waals surface area contributed by atoms with Crippen LogP contribution in [0.4, 0.5) is 5.95 Å². The molecule has 1 atom stereocenters. The predicted molar refractivity (Wildman–Crippen MR) is 117 cm³/mol. The van der Waals surface area contributed by atoms with Gasteiger partial charge in [-0.25, -0.2) is 4.98 Å². The molecule has 0 bridgehead atoms. The second-order valence-electron chi connectivity index (χ2n) is 7.53. The smallest absolute Gasteiger partial charge is 0.224 e. The Bertz CT molecular complexity index is 966. The monoisotopic (exact) mass is 440 g/mol. The molecule has 0 saturated carbocycles. The zero-order chi connectivity index (χ0) is 19.5. The molecule has 6 heteroatoms. The topological polar surface area (TPSA) is 61.0 Å². The molecule has 2 aromatic carbocycles. The zero-order valence-corrected chi connectivity index (χ0v) is 17.6. The van der Waals surface area contributed by atoms with Crippen molar-refractivity contribution < 1.29 is 4.79 Å². The zero-order valence-electron chi connectivity index (χ0n) is 16.0. The van der Waals surface area contributed by atoms with Crippen LogP contribution in [0.2, 0.25) is 0 Å². The van der Waals surface area contributed by atoms with Crippen LogP contribution in [0.15, 0.2) is 46.9 Å². The standard InChI is InChI=1S/C22H25BrN4O/c1-15-4-6-16(7-5-15)10-11-24-21(28)17-3-2-12-27(14-17)22-25-19-9-8-18(23)13-20(19)26-22/h4-9,13,17H,2-3,10-12,14H2,1H3,(H,24,28)(H,25,26)/t17-/m0/s1. The van der Waals surface area contributed by atoms with Gasteiger partial charge in [0.05, 0.1) is 17.0 Å².